The highest BCUT2D eigenvalue weighted by molar-refractivity contribution is 6.53. The summed E-state index contributed by atoms with van der Waals surface area (Å²) in [4.78, 5) is 25.2. The molecule has 136 valence electrons. The van der Waals surface area contributed by atoms with Crippen LogP contribution < -0.4 is 5.32 Å². The van der Waals surface area contributed by atoms with E-state index in [1.54, 1.807) is 37.3 Å². The smallest absolute Gasteiger partial charge is 0.316 e. The third-order valence-electron chi connectivity index (χ3n) is 4.39. The summed E-state index contributed by atoms with van der Waals surface area (Å²) in [6, 6.07) is 13.9. The van der Waals surface area contributed by atoms with Gasteiger partial charge in [-0.2, -0.15) is 0 Å². The molecule has 0 bridgehead atoms. The lowest BCUT2D eigenvalue weighted by molar-refractivity contribution is -0.159. The van der Waals surface area contributed by atoms with Crippen LogP contribution in [0.1, 0.15) is 25.0 Å². The Kier molecular flexibility index (Phi) is 4.95. The molecule has 2 aromatic carbocycles. The third kappa shape index (κ3) is 3.69. The second kappa shape index (κ2) is 6.89. The van der Waals surface area contributed by atoms with E-state index in [0.717, 1.165) is 0 Å². The van der Waals surface area contributed by atoms with Crippen molar-refractivity contribution in [1.82, 2.24) is 0 Å². The lowest BCUT2D eigenvalue weighted by Crippen LogP contribution is -2.30. The summed E-state index contributed by atoms with van der Waals surface area (Å²) >= 11 is 12.1. The van der Waals surface area contributed by atoms with Crippen molar-refractivity contribution in [1.29, 1.82) is 0 Å². The van der Waals surface area contributed by atoms with Crippen molar-refractivity contribution in [2.24, 2.45) is 5.41 Å². The van der Waals surface area contributed by atoms with Crippen molar-refractivity contribution in [2.75, 3.05) is 5.32 Å². The van der Waals surface area contributed by atoms with E-state index in [2.05, 4.69) is 5.32 Å². The van der Waals surface area contributed by atoms with Gasteiger partial charge in [0, 0.05) is 17.7 Å². The lowest BCUT2D eigenvalue weighted by atomic mass is 10.1. The van der Waals surface area contributed by atoms with E-state index in [0.29, 0.717) is 11.3 Å². The van der Waals surface area contributed by atoms with Crippen molar-refractivity contribution in [3.05, 3.63) is 66.0 Å². The van der Waals surface area contributed by atoms with Crippen molar-refractivity contribution < 1.29 is 18.7 Å². The van der Waals surface area contributed by atoms with Gasteiger partial charge in [-0.05, 0) is 31.2 Å². The summed E-state index contributed by atoms with van der Waals surface area (Å²) in [5, 5.41) is 2.62. The molecule has 1 N–H and O–H groups in total. The van der Waals surface area contributed by atoms with Crippen LogP contribution in [-0.2, 0) is 14.3 Å². The molecule has 0 aromatic heterocycles. The number of alkyl halides is 2. The summed E-state index contributed by atoms with van der Waals surface area (Å²) in [5.74, 6) is -1.63. The molecule has 2 aromatic rings. The quantitative estimate of drug-likeness (QED) is 0.592. The monoisotopic (exact) mass is 395 g/mol. The van der Waals surface area contributed by atoms with Crippen LogP contribution in [0.15, 0.2) is 54.6 Å². The van der Waals surface area contributed by atoms with Gasteiger partial charge < -0.3 is 10.1 Å². The minimum absolute atomic E-state index is 0.253. The minimum atomic E-state index is -1.20. The number of ether oxygens (including phenoxy) is 1. The number of esters is 1. The number of benzene rings is 2. The molecular formula is C19H16Cl2FNO3. The van der Waals surface area contributed by atoms with E-state index in [-0.39, 0.29) is 6.42 Å². The van der Waals surface area contributed by atoms with Crippen LogP contribution in [0.5, 0.6) is 0 Å². The summed E-state index contributed by atoms with van der Waals surface area (Å²) in [5.41, 5.74) is -0.172. The van der Waals surface area contributed by atoms with Crippen molar-refractivity contribution >= 4 is 40.8 Å². The van der Waals surface area contributed by atoms with E-state index in [9.17, 15) is 14.0 Å². The molecule has 3 rings (SSSR count). The van der Waals surface area contributed by atoms with Gasteiger partial charge in [-0.15, -0.1) is 23.2 Å². The molecule has 26 heavy (non-hydrogen) atoms. The zero-order chi connectivity index (χ0) is 18.9. The number of rotatable bonds is 5. The number of carbonyl (C=O) groups excluding carboxylic acids is 2. The topological polar surface area (TPSA) is 55.4 Å². The second-order valence-electron chi connectivity index (χ2n) is 6.41. The van der Waals surface area contributed by atoms with Gasteiger partial charge in [0.2, 0.25) is 6.10 Å². The number of amides is 1. The number of nitrogens with one attached hydrogen (secondary N) is 1. The molecule has 2 atom stereocenters. The van der Waals surface area contributed by atoms with Gasteiger partial charge in [-0.3, -0.25) is 9.59 Å². The van der Waals surface area contributed by atoms with Gasteiger partial charge in [0.1, 0.15) is 15.6 Å². The molecule has 1 fully saturated rings. The van der Waals surface area contributed by atoms with Crippen molar-refractivity contribution in [2.45, 2.75) is 23.8 Å². The summed E-state index contributed by atoms with van der Waals surface area (Å²) in [6.45, 7) is 1.59. The first-order valence-corrected chi connectivity index (χ1v) is 8.69. The standard InChI is InChI=1S/C19H16Cl2FNO3/c1-18(11-19(18,20)21)17(25)26-15(12-5-3-2-4-6-12)16(24)23-14-9-7-13(22)8-10-14/h2-10,15H,11H2,1H3,(H,23,24)/t15-,18+/m1/s1. The second-order valence-corrected chi connectivity index (χ2v) is 7.89. The first-order valence-electron chi connectivity index (χ1n) is 7.93. The molecule has 4 nitrogen and oxygen atoms in total. The number of hydrogen-bond acceptors (Lipinski definition) is 3. The van der Waals surface area contributed by atoms with Crippen LogP contribution in [0, 0.1) is 11.2 Å². The Morgan fingerprint density at radius 2 is 1.69 bits per heavy atom. The molecule has 0 heterocycles. The number of carbonyl (C=O) groups is 2. The van der Waals surface area contributed by atoms with E-state index >= 15 is 0 Å². The SMILES string of the molecule is C[C@@]1(C(=O)O[C@@H](C(=O)Nc2ccc(F)cc2)c2ccccc2)CC1(Cl)Cl. The predicted molar refractivity (Wildman–Crippen MR) is 97.5 cm³/mol. The molecular weight excluding hydrogens is 380 g/mol. The van der Waals surface area contributed by atoms with Crippen LogP contribution in [0.2, 0.25) is 0 Å². The lowest BCUT2D eigenvalue weighted by Gasteiger charge is -2.20. The van der Waals surface area contributed by atoms with Crippen LogP contribution in [0.4, 0.5) is 10.1 Å². The highest BCUT2D eigenvalue weighted by Gasteiger charge is 2.69. The van der Waals surface area contributed by atoms with Gasteiger partial charge in [0.05, 0.1) is 0 Å². The third-order valence-corrected chi connectivity index (χ3v) is 5.49. The maximum atomic E-state index is 13.0. The van der Waals surface area contributed by atoms with Crippen LogP contribution >= 0.6 is 23.2 Å². The molecule has 0 radical (unpaired) electrons. The highest BCUT2D eigenvalue weighted by atomic mass is 35.5. The number of hydrogen-bond donors (Lipinski definition) is 1. The van der Waals surface area contributed by atoms with Gasteiger partial charge in [-0.25, -0.2) is 4.39 Å². The Bertz CT molecular complexity index is 826. The van der Waals surface area contributed by atoms with Crippen LogP contribution in [0.3, 0.4) is 0 Å². The summed E-state index contributed by atoms with van der Waals surface area (Å²) in [6.07, 6.45) is -0.932. The summed E-state index contributed by atoms with van der Waals surface area (Å²) in [7, 11) is 0. The fraction of sp³-hybridized carbons (Fsp3) is 0.263. The van der Waals surface area contributed by atoms with E-state index in [1.807, 2.05) is 0 Å². The Balaban J connectivity index is 1.81. The van der Waals surface area contributed by atoms with Gasteiger partial charge >= 0.3 is 5.97 Å². The van der Waals surface area contributed by atoms with Crippen molar-refractivity contribution in [3.63, 3.8) is 0 Å². The molecule has 0 aliphatic heterocycles. The average Bonchev–Trinajstić information content (AvgIpc) is 3.14. The van der Waals surface area contributed by atoms with Gasteiger partial charge in [-0.1, -0.05) is 30.3 Å². The molecule has 0 saturated heterocycles. The number of anilines is 1. The molecule has 0 spiro atoms. The van der Waals surface area contributed by atoms with Gasteiger partial charge in [0.15, 0.2) is 0 Å². The Hall–Kier alpha value is -2.11. The van der Waals surface area contributed by atoms with E-state index in [1.165, 1.54) is 24.3 Å². The first kappa shape index (κ1) is 18.7. The predicted octanol–water partition coefficient (Wildman–Crippen LogP) is 4.63. The minimum Gasteiger partial charge on any atom is -0.447 e. The number of halogens is 3. The largest absolute Gasteiger partial charge is 0.447 e. The van der Waals surface area contributed by atoms with Crippen LogP contribution in [0.25, 0.3) is 0 Å². The zero-order valence-electron chi connectivity index (χ0n) is 13.8. The molecule has 0 unspecified atom stereocenters. The summed E-state index contributed by atoms with van der Waals surface area (Å²) < 4.78 is 17.3. The maximum Gasteiger partial charge on any atom is 0.316 e. The first-order chi connectivity index (χ1) is 12.2. The van der Waals surface area contributed by atoms with Crippen molar-refractivity contribution in [3.8, 4) is 0 Å². The maximum absolute atomic E-state index is 13.0. The van der Waals surface area contributed by atoms with E-state index < -0.39 is 33.5 Å². The van der Waals surface area contributed by atoms with Gasteiger partial charge in [0.25, 0.3) is 5.91 Å². The zero-order valence-corrected chi connectivity index (χ0v) is 15.4. The Labute approximate surface area is 160 Å². The average molecular weight is 396 g/mol. The highest BCUT2D eigenvalue weighted by Crippen LogP contribution is 2.64. The fourth-order valence-corrected chi connectivity index (χ4v) is 3.19. The fourth-order valence-electron chi connectivity index (χ4n) is 2.50. The normalized spacial score (nSPS) is 21.5. The molecule has 7 heteroatoms. The van der Waals surface area contributed by atoms with Crippen LogP contribution in [-0.4, -0.2) is 16.2 Å². The molecule has 1 aliphatic carbocycles. The van der Waals surface area contributed by atoms with E-state index in [4.69, 9.17) is 27.9 Å². The Morgan fingerprint density at radius 3 is 2.23 bits per heavy atom. The Morgan fingerprint density at radius 1 is 1.12 bits per heavy atom. The molecule has 1 saturated carbocycles. The molecule has 1 amide bonds. The molecule has 1 aliphatic rings.